The molecule has 0 aromatic heterocycles. The molecular weight excluding hydrogens is 479 g/mol. The molecule has 3 aromatic rings. The van der Waals surface area contributed by atoms with Gasteiger partial charge in [0, 0.05) is 23.1 Å². The molecular formula is C30H30F3NO3. The predicted octanol–water partition coefficient (Wildman–Crippen LogP) is 6.91. The maximum Gasteiger partial charge on any atom is 0.397 e. The highest BCUT2D eigenvalue weighted by molar-refractivity contribution is 6.13. The summed E-state index contributed by atoms with van der Waals surface area (Å²) in [6, 6.07) is 20.1. The van der Waals surface area contributed by atoms with Crippen molar-refractivity contribution in [1.82, 2.24) is 0 Å². The summed E-state index contributed by atoms with van der Waals surface area (Å²) in [5.41, 5.74) is 0.296. The standard InChI is InChI=1S/C30H30F3NO3/c1-5-37-28(36)27(34-26(22-12-8-6-9-13-22)23-14-10-7-11-15-23)29(4,30(31,32)33)19-25(35)24-17-16-20(2)21(3)18-24/h6-18,27H,5,19H2,1-4H3/t27?,29-/m0/s1. The number of esters is 1. The van der Waals surface area contributed by atoms with E-state index >= 15 is 0 Å². The van der Waals surface area contributed by atoms with E-state index in [0.29, 0.717) is 11.1 Å². The van der Waals surface area contributed by atoms with Crippen LogP contribution in [0.25, 0.3) is 0 Å². The predicted molar refractivity (Wildman–Crippen MR) is 138 cm³/mol. The highest BCUT2D eigenvalue weighted by Gasteiger charge is 2.60. The summed E-state index contributed by atoms with van der Waals surface area (Å²) in [6.07, 6.45) is -5.91. The number of benzene rings is 3. The molecule has 0 saturated carbocycles. The molecule has 194 valence electrons. The first-order valence-electron chi connectivity index (χ1n) is 12.0. The molecule has 0 heterocycles. The summed E-state index contributed by atoms with van der Waals surface area (Å²) in [4.78, 5) is 30.7. The van der Waals surface area contributed by atoms with Crippen molar-refractivity contribution in [2.75, 3.05) is 6.61 Å². The Morgan fingerprint density at radius 1 is 0.838 bits per heavy atom. The highest BCUT2D eigenvalue weighted by Crippen LogP contribution is 2.46. The Kier molecular flexibility index (Phi) is 8.69. The van der Waals surface area contributed by atoms with Crippen molar-refractivity contribution in [3.8, 4) is 0 Å². The van der Waals surface area contributed by atoms with E-state index in [2.05, 4.69) is 4.99 Å². The molecule has 0 spiro atoms. The average Bonchev–Trinajstić information content (AvgIpc) is 2.86. The molecule has 0 aliphatic rings. The molecule has 0 fully saturated rings. The Morgan fingerprint density at radius 3 is 1.84 bits per heavy atom. The molecule has 0 bridgehead atoms. The van der Waals surface area contributed by atoms with Crippen LogP contribution < -0.4 is 0 Å². The Bertz CT molecular complexity index is 1230. The number of hydrogen-bond acceptors (Lipinski definition) is 4. The van der Waals surface area contributed by atoms with Crippen LogP contribution in [0.5, 0.6) is 0 Å². The number of aryl methyl sites for hydroxylation is 2. The number of halogens is 3. The zero-order chi connectivity index (χ0) is 27.2. The van der Waals surface area contributed by atoms with Gasteiger partial charge in [-0.2, -0.15) is 13.2 Å². The lowest BCUT2D eigenvalue weighted by molar-refractivity contribution is -0.227. The van der Waals surface area contributed by atoms with Crippen LogP contribution in [0.3, 0.4) is 0 Å². The minimum absolute atomic E-state index is 0.129. The Balaban J connectivity index is 2.20. The number of ketones is 1. The Labute approximate surface area is 215 Å². The summed E-state index contributed by atoms with van der Waals surface area (Å²) < 4.78 is 49.5. The average molecular weight is 510 g/mol. The van der Waals surface area contributed by atoms with Crippen LogP contribution in [0.1, 0.15) is 52.9 Å². The monoisotopic (exact) mass is 509 g/mol. The van der Waals surface area contributed by atoms with Gasteiger partial charge < -0.3 is 4.74 Å². The second kappa shape index (κ2) is 11.5. The van der Waals surface area contributed by atoms with Crippen molar-refractivity contribution < 1.29 is 27.5 Å². The maximum atomic E-state index is 14.8. The van der Waals surface area contributed by atoms with Gasteiger partial charge in [0.25, 0.3) is 0 Å². The van der Waals surface area contributed by atoms with Gasteiger partial charge in [0.15, 0.2) is 11.8 Å². The van der Waals surface area contributed by atoms with Gasteiger partial charge in [0.2, 0.25) is 0 Å². The molecule has 37 heavy (non-hydrogen) atoms. The van der Waals surface area contributed by atoms with E-state index < -0.39 is 35.8 Å². The van der Waals surface area contributed by atoms with Gasteiger partial charge in [-0.3, -0.25) is 9.79 Å². The number of aliphatic imine (C=N–C) groups is 1. The molecule has 0 radical (unpaired) electrons. The maximum absolute atomic E-state index is 14.8. The molecule has 2 atom stereocenters. The minimum Gasteiger partial charge on any atom is -0.464 e. The molecule has 1 unspecified atom stereocenters. The van der Waals surface area contributed by atoms with Gasteiger partial charge in [-0.05, 0) is 44.9 Å². The number of rotatable bonds is 9. The van der Waals surface area contributed by atoms with Gasteiger partial charge >= 0.3 is 12.1 Å². The molecule has 0 N–H and O–H groups in total. The van der Waals surface area contributed by atoms with E-state index in [1.54, 1.807) is 79.7 Å². The number of alkyl halides is 3. The Hall–Kier alpha value is -3.74. The van der Waals surface area contributed by atoms with Crippen molar-refractivity contribution in [3.63, 3.8) is 0 Å². The number of carbonyl (C=O) groups is 2. The van der Waals surface area contributed by atoms with E-state index in [4.69, 9.17) is 4.74 Å². The number of hydrogen-bond donors (Lipinski definition) is 0. The Morgan fingerprint density at radius 2 is 1.38 bits per heavy atom. The van der Waals surface area contributed by atoms with Crippen LogP contribution in [0, 0.1) is 19.3 Å². The zero-order valence-electron chi connectivity index (χ0n) is 21.3. The molecule has 4 nitrogen and oxygen atoms in total. The third-order valence-corrected chi connectivity index (χ3v) is 6.47. The van der Waals surface area contributed by atoms with Crippen LogP contribution in [-0.4, -0.2) is 36.3 Å². The molecule has 0 aliphatic carbocycles. The fraction of sp³-hybridized carbons (Fsp3) is 0.300. The number of nitrogens with zero attached hydrogens (tertiary/aromatic N) is 1. The van der Waals surface area contributed by atoms with Crippen LogP contribution in [0.2, 0.25) is 0 Å². The smallest absolute Gasteiger partial charge is 0.397 e. The SMILES string of the molecule is CCOC(=O)C(N=C(c1ccccc1)c1ccccc1)[C@](C)(CC(=O)c1ccc(C)c(C)c1)C(F)(F)F. The van der Waals surface area contributed by atoms with Gasteiger partial charge in [-0.25, -0.2) is 4.79 Å². The minimum atomic E-state index is -4.94. The van der Waals surface area contributed by atoms with Crippen molar-refractivity contribution in [3.05, 3.63) is 107 Å². The van der Waals surface area contributed by atoms with Crippen molar-refractivity contribution in [2.24, 2.45) is 10.4 Å². The first kappa shape index (κ1) is 27.8. The van der Waals surface area contributed by atoms with E-state index in [1.165, 1.54) is 13.0 Å². The zero-order valence-corrected chi connectivity index (χ0v) is 21.3. The van der Waals surface area contributed by atoms with Crippen molar-refractivity contribution >= 4 is 17.5 Å². The van der Waals surface area contributed by atoms with Crippen molar-refractivity contribution in [1.29, 1.82) is 0 Å². The van der Waals surface area contributed by atoms with E-state index in [-0.39, 0.29) is 17.9 Å². The molecule has 0 aliphatic heterocycles. The lowest BCUT2D eigenvalue weighted by Gasteiger charge is -2.36. The lowest BCUT2D eigenvalue weighted by atomic mass is 9.75. The normalized spacial score (nSPS) is 13.8. The number of Topliss-reactive ketones (excluding diaryl/α,β-unsaturated/α-hetero) is 1. The molecule has 3 rings (SSSR count). The summed E-state index contributed by atoms with van der Waals surface area (Å²) in [7, 11) is 0. The second-order valence-corrected chi connectivity index (χ2v) is 9.18. The molecule has 0 saturated heterocycles. The van der Waals surface area contributed by atoms with E-state index in [9.17, 15) is 22.8 Å². The quantitative estimate of drug-likeness (QED) is 0.179. The summed E-state index contributed by atoms with van der Waals surface area (Å²) in [5.74, 6) is -1.87. The van der Waals surface area contributed by atoms with Gasteiger partial charge in [-0.1, -0.05) is 72.8 Å². The fourth-order valence-corrected chi connectivity index (χ4v) is 4.02. The highest BCUT2D eigenvalue weighted by atomic mass is 19.4. The first-order valence-corrected chi connectivity index (χ1v) is 12.0. The molecule has 7 heteroatoms. The first-order chi connectivity index (χ1) is 17.5. The summed E-state index contributed by atoms with van der Waals surface area (Å²) in [6.45, 7) is 5.88. The third kappa shape index (κ3) is 6.34. The summed E-state index contributed by atoms with van der Waals surface area (Å²) in [5, 5.41) is 0. The number of ether oxygens (including phenoxy) is 1. The molecule has 0 amide bonds. The van der Waals surface area contributed by atoms with Gasteiger partial charge in [-0.15, -0.1) is 0 Å². The van der Waals surface area contributed by atoms with E-state index in [0.717, 1.165) is 18.1 Å². The largest absolute Gasteiger partial charge is 0.464 e. The van der Waals surface area contributed by atoms with Crippen LogP contribution in [-0.2, 0) is 9.53 Å². The third-order valence-electron chi connectivity index (χ3n) is 6.47. The number of carbonyl (C=O) groups excluding carboxylic acids is 2. The topological polar surface area (TPSA) is 55.7 Å². The molecule has 3 aromatic carbocycles. The van der Waals surface area contributed by atoms with E-state index in [1.807, 2.05) is 6.92 Å². The van der Waals surface area contributed by atoms with Gasteiger partial charge in [0.05, 0.1) is 12.3 Å². The van der Waals surface area contributed by atoms with Crippen LogP contribution >= 0.6 is 0 Å². The van der Waals surface area contributed by atoms with Crippen LogP contribution in [0.4, 0.5) is 13.2 Å². The summed E-state index contributed by atoms with van der Waals surface area (Å²) >= 11 is 0. The second-order valence-electron chi connectivity index (χ2n) is 9.18. The van der Waals surface area contributed by atoms with Crippen molar-refractivity contribution in [2.45, 2.75) is 46.3 Å². The van der Waals surface area contributed by atoms with Gasteiger partial charge in [0.1, 0.15) is 5.41 Å². The van der Waals surface area contributed by atoms with Crippen LogP contribution in [0.15, 0.2) is 83.9 Å². The fourth-order valence-electron chi connectivity index (χ4n) is 4.02. The lowest BCUT2D eigenvalue weighted by Crippen LogP contribution is -2.50.